The van der Waals surface area contributed by atoms with Gasteiger partial charge in [-0.3, -0.25) is 4.79 Å². The highest BCUT2D eigenvalue weighted by molar-refractivity contribution is 5.84. The van der Waals surface area contributed by atoms with Crippen LogP contribution >= 0.6 is 0 Å². The molecular formula is C10H21NO2. The van der Waals surface area contributed by atoms with Crippen molar-refractivity contribution < 1.29 is 9.90 Å². The number of hydrogen-bond donors (Lipinski definition) is 2. The van der Waals surface area contributed by atoms with Crippen LogP contribution in [0.15, 0.2) is 0 Å². The molecule has 0 aromatic heterocycles. The molecule has 1 unspecified atom stereocenters. The van der Waals surface area contributed by atoms with Crippen molar-refractivity contribution in [3.05, 3.63) is 0 Å². The SMILES string of the molecule is CCCC(CC)NC(=O)C(C)(C)O. The van der Waals surface area contributed by atoms with Gasteiger partial charge in [0.15, 0.2) is 0 Å². The number of hydrogen-bond acceptors (Lipinski definition) is 2. The lowest BCUT2D eigenvalue weighted by Gasteiger charge is -2.22. The average molecular weight is 187 g/mol. The minimum atomic E-state index is -1.26. The molecule has 0 aliphatic rings. The van der Waals surface area contributed by atoms with Crippen molar-refractivity contribution in [1.82, 2.24) is 5.32 Å². The van der Waals surface area contributed by atoms with Crippen molar-refractivity contribution >= 4 is 5.91 Å². The zero-order valence-electron chi connectivity index (χ0n) is 9.05. The summed E-state index contributed by atoms with van der Waals surface area (Å²) in [4.78, 5) is 11.3. The summed E-state index contributed by atoms with van der Waals surface area (Å²) < 4.78 is 0. The summed E-state index contributed by atoms with van der Waals surface area (Å²) >= 11 is 0. The van der Waals surface area contributed by atoms with Gasteiger partial charge >= 0.3 is 0 Å². The van der Waals surface area contributed by atoms with Crippen molar-refractivity contribution in [2.24, 2.45) is 0 Å². The molecule has 0 spiro atoms. The minimum Gasteiger partial charge on any atom is -0.381 e. The zero-order chi connectivity index (χ0) is 10.5. The lowest BCUT2D eigenvalue weighted by atomic mass is 10.1. The molecule has 13 heavy (non-hydrogen) atoms. The van der Waals surface area contributed by atoms with Crippen LogP contribution in [0.1, 0.15) is 47.0 Å². The molecule has 0 saturated heterocycles. The molecular weight excluding hydrogens is 166 g/mol. The summed E-state index contributed by atoms with van der Waals surface area (Å²) in [7, 11) is 0. The summed E-state index contributed by atoms with van der Waals surface area (Å²) in [5.74, 6) is -0.284. The molecule has 1 amide bonds. The third kappa shape index (κ3) is 4.88. The Hall–Kier alpha value is -0.570. The molecule has 1 atom stereocenters. The fourth-order valence-electron chi connectivity index (χ4n) is 1.09. The molecule has 0 radical (unpaired) electrons. The smallest absolute Gasteiger partial charge is 0.251 e. The van der Waals surface area contributed by atoms with E-state index in [1.807, 2.05) is 6.92 Å². The van der Waals surface area contributed by atoms with Gasteiger partial charge in [-0.15, -0.1) is 0 Å². The van der Waals surface area contributed by atoms with Gasteiger partial charge in [0.1, 0.15) is 5.60 Å². The molecule has 0 fully saturated rings. The molecule has 0 aliphatic heterocycles. The number of aliphatic hydroxyl groups is 1. The normalized spacial score (nSPS) is 13.9. The van der Waals surface area contributed by atoms with Crippen molar-refractivity contribution in [2.45, 2.75) is 58.6 Å². The van der Waals surface area contributed by atoms with E-state index in [4.69, 9.17) is 0 Å². The Kier molecular flexibility index (Phi) is 4.99. The van der Waals surface area contributed by atoms with Crippen LogP contribution in [0.25, 0.3) is 0 Å². The Balaban J connectivity index is 4.01. The van der Waals surface area contributed by atoms with E-state index in [0.29, 0.717) is 0 Å². The molecule has 3 nitrogen and oxygen atoms in total. The molecule has 0 aromatic rings. The number of rotatable bonds is 5. The van der Waals surface area contributed by atoms with Gasteiger partial charge in [-0.25, -0.2) is 0 Å². The third-order valence-corrected chi connectivity index (χ3v) is 2.02. The van der Waals surface area contributed by atoms with Crippen molar-refractivity contribution in [1.29, 1.82) is 0 Å². The summed E-state index contributed by atoms with van der Waals surface area (Å²) in [5, 5.41) is 12.2. The second kappa shape index (κ2) is 5.22. The van der Waals surface area contributed by atoms with Gasteiger partial charge in [-0.05, 0) is 26.7 Å². The lowest BCUT2D eigenvalue weighted by Crippen LogP contribution is -2.46. The number of nitrogens with one attached hydrogen (secondary N) is 1. The van der Waals surface area contributed by atoms with Gasteiger partial charge < -0.3 is 10.4 Å². The zero-order valence-corrected chi connectivity index (χ0v) is 9.05. The van der Waals surface area contributed by atoms with E-state index < -0.39 is 5.60 Å². The van der Waals surface area contributed by atoms with Crippen molar-refractivity contribution in [3.8, 4) is 0 Å². The lowest BCUT2D eigenvalue weighted by molar-refractivity contribution is -0.137. The van der Waals surface area contributed by atoms with Crippen LogP contribution < -0.4 is 5.32 Å². The van der Waals surface area contributed by atoms with Crippen LogP contribution in [0, 0.1) is 0 Å². The number of carbonyl (C=O) groups is 1. The van der Waals surface area contributed by atoms with E-state index in [0.717, 1.165) is 19.3 Å². The molecule has 3 heteroatoms. The van der Waals surface area contributed by atoms with Crippen LogP contribution in [-0.2, 0) is 4.79 Å². The topological polar surface area (TPSA) is 49.3 Å². The second-order valence-corrected chi connectivity index (χ2v) is 3.93. The summed E-state index contributed by atoms with van der Waals surface area (Å²) in [6.07, 6.45) is 2.93. The highest BCUT2D eigenvalue weighted by atomic mass is 16.3. The van der Waals surface area contributed by atoms with E-state index in [-0.39, 0.29) is 11.9 Å². The Bertz CT molecular complexity index is 161. The molecule has 0 aliphatic carbocycles. The predicted molar refractivity (Wildman–Crippen MR) is 53.4 cm³/mol. The Morgan fingerprint density at radius 3 is 2.31 bits per heavy atom. The van der Waals surface area contributed by atoms with E-state index in [2.05, 4.69) is 12.2 Å². The van der Waals surface area contributed by atoms with Gasteiger partial charge in [0.05, 0.1) is 0 Å². The standard InChI is InChI=1S/C10H21NO2/c1-5-7-8(6-2)11-9(12)10(3,4)13/h8,13H,5-7H2,1-4H3,(H,11,12). The maximum atomic E-state index is 11.3. The molecule has 0 heterocycles. The van der Waals surface area contributed by atoms with E-state index in [1.165, 1.54) is 13.8 Å². The molecule has 2 N–H and O–H groups in total. The molecule has 0 bridgehead atoms. The Morgan fingerprint density at radius 2 is 2.00 bits per heavy atom. The average Bonchev–Trinajstić information content (AvgIpc) is 2.01. The van der Waals surface area contributed by atoms with E-state index in [9.17, 15) is 9.90 Å². The largest absolute Gasteiger partial charge is 0.381 e. The van der Waals surface area contributed by atoms with Crippen LogP contribution in [0.5, 0.6) is 0 Å². The van der Waals surface area contributed by atoms with Gasteiger partial charge in [0.25, 0.3) is 5.91 Å². The summed E-state index contributed by atoms with van der Waals surface area (Å²) in [5.41, 5.74) is -1.26. The quantitative estimate of drug-likeness (QED) is 0.684. The first kappa shape index (κ1) is 12.4. The first-order chi connectivity index (χ1) is 5.91. The number of carbonyl (C=O) groups excluding carboxylic acids is 1. The number of amides is 1. The summed E-state index contributed by atoms with van der Waals surface area (Å²) in [6, 6.07) is 0.198. The maximum Gasteiger partial charge on any atom is 0.251 e. The van der Waals surface area contributed by atoms with Crippen molar-refractivity contribution in [3.63, 3.8) is 0 Å². The van der Waals surface area contributed by atoms with Crippen LogP contribution in [0.3, 0.4) is 0 Å². The fourth-order valence-corrected chi connectivity index (χ4v) is 1.09. The van der Waals surface area contributed by atoms with E-state index >= 15 is 0 Å². The predicted octanol–water partition coefficient (Wildman–Crippen LogP) is 1.45. The van der Waals surface area contributed by atoms with Crippen molar-refractivity contribution in [2.75, 3.05) is 0 Å². The van der Waals surface area contributed by atoms with Crippen LogP contribution in [0.4, 0.5) is 0 Å². The van der Waals surface area contributed by atoms with Gasteiger partial charge in [-0.1, -0.05) is 20.3 Å². The third-order valence-electron chi connectivity index (χ3n) is 2.02. The van der Waals surface area contributed by atoms with Gasteiger partial charge in [-0.2, -0.15) is 0 Å². The van der Waals surface area contributed by atoms with E-state index in [1.54, 1.807) is 0 Å². The van der Waals surface area contributed by atoms with Crippen LogP contribution in [-0.4, -0.2) is 22.7 Å². The molecule has 0 rings (SSSR count). The monoisotopic (exact) mass is 187 g/mol. The highest BCUT2D eigenvalue weighted by Gasteiger charge is 2.25. The molecule has 0 saturated carbocycles. The maximum absolute atomic E-state index is 11.3. The highest BCUT2D eigenvalue weighted by Crippen LogP contribution is 2.05. The second-order valence-electron chi connectivity index (χ2n) is 3.93. The summed E-state index contributed by atoms with van der Waals surface area (Å²) in [6.45, 7) is 7.12. The molecule has 78 valence electrons. The first-order valence-electron chi connectivity index (χ1n) is 4.95. The first-order valence-corrected chi connectivity index (χ1v) is 4.95. The van der Waals surface area contributed by atoms with Gasteiger partial charge in [0.2, 0.25) is 0 Å². The molecule has 0 aromatic carbocycles. The Morgan fingerprint density at radius 1 is 1.46 bits per heavy atom. The minimum absolute atomic E-state index is 0.198. The Labute approximate surface area is 80.5 Å². The fraction of sp³-hybridized carbons (Fsp3) is 0.900. The van der Waals surface area contributed by atoms with Crippen LogP contribution in [0.2, 0.25) is 0 Å². The van der Waals surface area contributed by atoms with Gasteiger partial charge in [0, 0.05) is 6.04 Å².